The van der Waals surface area contributed by atoms with Gasteiger partial charge in [0.2, 0.25) is 0 Å². The largest absolute Gasteiger partial charge is 0.504 e. The second-order valence-electron chi connectivity index (χ2n) is 2.37. The molecule has 0 saturated heterocycles. The summed E-state index contributed by atoms with van der Waals surface area (Å²) < 4.78 is 0. The highest BCUT2D eigenvalue weighted by Gasteiger charge is 2.03. The van der Waals surface area contributed by atoms with Crippen LogP contribution in [0.3, 0.4) is 0 Å². The summed E-state index contributed by atoms with van der Waals surface area (Å²) in [4.78, 5) is 0. The van der Waals surface area contributed by atoms with Crippen molar-refractivity contribution in [3.05, 3.63) is 22.7 Å². The average molecular weight is 172 g/mol. The number of halogens is 1. The summed E-state index contributed by atoms with van der Waals surface area (Å²) in [6.07, 6.45) is 0.865. The van der Waals surface area contributed by atoms with Crippen LogP contribution in [0.4, 0.5) is 5.69 Å². The lowest BCUT2D eigenvalue weighted by Crippen LogP contribution is -1.89. The van der Waals surface area contributed by atoms with E-state index >= 15 is 0 Å². The number of phenols is 1. The smallest absolute Gasteiger partial charge is 0.157 e. The SMILES string of the molecule is CCc1cc(N)c(O)c(Cl)c1. The maximum Gasteiger partial charge on any atom is 0.157 e. The average Bonchev–Trinajstić information content (AvgIpc) is 1.99. The van der Waals surface area contributed by atoms with Gasteiger partial charge in [0.15, 0.2) is 5.75 Å². The molecule has 1 aromatic carbocycles. The normalized spacial score (nSPS) is 10.0. The summed E-state index contributed by atoms with van der Waals surface area (Å²) in [5, 5.41) is 9.49. The predicted octanol–water partition coefficient (Wildman–Crippen LogP) is 2.19. The first-order valence-corrected chi connectivity index (χ1v) is 3.79. The zero-order valence-electron chi connectivity index (χ0n) is 6.26. The van der Waals surface area contributed by atoms with Crippen molar-refractivity contribution in [1.29, 1.82) is 0 Å². The van der Waals surface area contributed by atoms with Gasteiger partial charge in [0.25, 0.3) is 0 Å². The quantitative estimate of drug-likeness (QED) is 0.503. The third kappa shape index (κ3) is 1.57. The van der Waals surface area contributed by atoms with Crippen LogP contribution < -0.4 is 5.73 Å². The van der Waals surface area contributed by atoms with Crippen LogP contribution >= 0.6 is 11.6 Å². The lowest BCUT2D eigenvalue weighted by molar-refractivity contribution is 0.478. The Morgan fingerprint density at radius 2 is 2.18 bits per heavy atom. The van der Waals surface area contributed by atoms with Crippen molar-refractivity contribution in [3.8, 4) is 5.75 Å². The molecule has 0 aromatic heterocycles. The van der Waals surface area contributed by atoms with E-state index in [1.165, 1.54) is 0 Å². The van der Waals surface area contributed by atoms with E-state index in [4.69, 9.17) is 22.4 Å². The van der Waals surface area contributed by atoms with Gasteiger partial charge in [0, 0.05) is 0 Å². The molecule has 0 radical (unpaired) electrons. The molecule has 0 heterocycles. The van der Waals surface area contributed by atoms with Crippen molar-refractivity contribution in [3.63, 3.8) is 0 Å². The van der Waals surface area contributed by atoms with Crippen molar-refractivity contribution in [2.45, 2.75) is 13.3 Å². The Morgan fingerprint density at radius 1 is 1.55 bits per heavy atom. The first-order chi connectivity index (χ1) is 5.15. The van der Waals surface area contributed by atoms with Crippen LogP contribution in [0.15, 0.2) is 12.1 Å². The Labute approximate surface area is 70.6 Å². The molecule has 0 spiro atoms. The van der Waals surface area contributed by atoms with Crippen LogP contribution in [-0.2, 0) is 6.42 Å². The maximum atomic E-state index is 9.17. The minimum atomic E-state index is -0.0242. The molecule has 3 heteroatoms. The number of rotatable bonds is 1. The number of nitrogen functional groups attached to an aromatic ring is 1. The molecule has 2 nitrogen and oxygen atoms in total. The number of hydrogen-bond donors (Lipinski definition) is 2. The van der Waals surface area contributed by atoms with Gasteiger partial charge >= 0.3 is 0 Å². The van der Waals surface area contributed by atoms with Crippen LogP contribution in [0.5, 0.6) is 5.75 Å². The van der Waals surface area contributed by atoms with Crippen LogP contribution in [0, 0.1) is 0 Å². The van der Waals surface area contributed by atoms with Gasteiger partial charge in [-0.05, 0) is 24.1 Å². The van der Waals surface area contributed by atoms with Gasteiger partial charge in [-0.1, -0.05) is 18.5 Å². The van der Waals surface area contributed by atoms with Crippen LogP contribution in [0.25, 0.3) is 0 Å². The van der Waals surface area contributed by atoms with Gasteiger partial charge in [-0.25, -0.2) is 0 Å². The van der Waals surface area contributed by atoms with Gasteiger partial charge in [0.1, 0.15) is 0 Å². The molecule has 0 saturated carbocycles. The summed E-state index contributed by atoms with van der Waals surface area (Å²) in [7, 11) is 0. The van der Waals surface area contributed by atoms with Gasteiger partial charge in [-0.3, -0.25) is 0 Å². The Kier molecular flexibility index (Phi) is 2.25. The van der Waals surface area contributed by atoms with Crippen molar-refractivity contribution in [1.82, 2.24) is 0 Å². The first kappa shape index (κ1) is 8.21. The highest BCUT2D eigenvalue weighted by molar-refractivity contribution is 6.32. The Hall–Kier alpha value is -0.890. The van der Waals surface area contributed by atoms with Crippen LogP contribution in [0.1, 0.15) is 12.5 Å². The Bertz CT molecular complexity index is 250. The van der Waals surface area contributed by atoms with Gasteiger partial charge in [-0.2, -0.15) is 0 Å². The van der Waals surface area contributed by atoms with Crippen molar-refractivity contribution in [2.75, 3.05) is 5.73 Å². The highest BCUT2D eigenvalue weighted by Crippen LogP contribution is 2.30. The number of hydrogen-bond acceptors (Lipinski definition) is 2. The van der Waals surface area contributed by atoms with Crippen molar-refractivity contribution in [2.24, 2.45) is 0 Å². The number of nitrogens with two attached hydrogens (primary N) is 1. The standard InChI is InChI=1S/C8H10ClNO/c1-2-5-3-6(9)8(11)7(10)4-5/h3-4,11H,2,10H2,1H3. The molecular weight excluding hydrogens is 162 g/mol. The zero-order valence-corrected chi connectivity index (χ0v) is 7.02. The van der Waals surface area contributed by atoms with Gasteiger partial charge in [-0.15, -0.1) is 0 Å². The Balaban J connectivity index is 3.21. The monoisotopic (exact) mass is 171 g/mol. The Morgan fingerprint density at radius 3 is 2.64 bits per heavy atom. The summed E-state index contributed by atoms with van der Waals surface area (Å²) in [6.45, 7) is 2.00. The molecule has 0 amide bonds. The molecule has 1 aromatic rings. The van der Waals surface area contributed by atoms with E-state index < -0.39 is 0 Å². The fraction of sp³-hybridized carbons (Fsp3) is 0.250. The molecule has 0 aliphatic rings. The van der Waals surface area contributed by atoms with E-state index in [-0.39, 0.29) is 5.75 Å². The molecule has 0 aliphatic heterocycles. The van der Waals surface area contributed by atoms with Gasteiger partial charge < -0.3 is 10.8 Å². The van der Waals surface area contributed by atoms with E-state index in [9.17, 15) is 0 Å². The van der Waals surface area contributed by atoms with Crippen LogP contribution in [-0.4, -0.2) is 5.11 Å². The topological polar surface area (TPSA) is 46.2 Å². The molecule has 60 valence electrons. The predicted molar refractivity (Wildman–Crippen MR) is 46.9 cm³/mol. The van der Waals surface area contributed by atoms with Crippen LogP contribution in [0.2, 0.25) is 5.02 Å². The molecule has 0 atom stereocenters. The lowest BCUT2D eigenvalue weighted by Gasteiger charge is -2.03. The fourth-order valence-corrected chi connectivity index (χ4v) is 1.13. The van der Waals surface area contributed by atoms with E-state index in [0.29, 0.717) is 10.7 Å². The zero-order chi connectivity index (χ0) is 8.43. The summed E-state index contributed by atoms with van der Waals surface area (Å²) >= 11 is 5.67. The maximum absolute atomic E-state index is 9.17. The molecule has 11 heavy (non-hydrogen) atoms. The number of phenolic OH excluding ortho intramolecular Hbond substituents is 1. The number of benzene rings is 1. The van der Waals surface area contributed by atoms with E-state index in [1.807, 2.05) is 6.92 Å². The molecule has 0 bridgehead atoms. The third-order valence-corrected chi connectivity index (χ3v) is 1.85. The van der Waals surface area contributed by atoms with E-state index in [1.54, 1.807) is 12.1 Å². The minimum Gasteiger partial charge on any atom is -0.504 e. The molecule has 1 rings (SSSR count). The van der Waals surface area contributed by atoms with E-state index in [2.05, 4.69) is 0 Å². The van der Waals surface area contributed by atoms with Crippen molar-refractivity contribution >= 4 is 17.3 Å². The number of anilines is 1. The van der Waals surface area contributed by atoms with Gasteiger partial charge in [0.05, 0.1) is 10.7 Å². The molecule has 0 aliphatic carbocycles. The summed E-state index contributed by atoms with van der Waals surface area (Å²) in [5.41, 5.74) is 6.84. The summed E-state index contributed by atoms with van der Waals surface area (Å²) in [5.74, 6) is -0.0242. The van der Waals surface area contributed by atoms with E-state index in [0.717, 1.165) is 12.0 Å². The second-order valence-corrected chi connectivity index (χ2v) is 2.78. The first-order valence-electron chi connectivity index (χ1n) is 3.42. The third-order valence-electron chi connectivity index (χ3n) is 1.56. The fourth-order valence-electron chi connectivity index (χ4n) is 0.883. The highest BCUT2D eigenvalue weighted by atomic mass is 35.5. The molecular formula is C8H10ClNO. The minimum absolute atomic E-state index is 0.0242. The number of aromatic hydroxyl groups is 1. The lowest BCUT2D eigenvalue weighted by atomic mass is 10.1. The molecule has 3 N–H and O–H groups in total. The van der Waals surface area contributed by atoms with Crippen molar-refractivity contribution < 1.29 is 5.11 Å². The number of aryl methyl sites for hydroxylation is 1. The molecule has 0 fully saturated rings. The molecule has 0 unspecified atom stereocenters. The second kappa shape index (κ2) is 3.01. The summed E-state index contributed by atoms with van der Waals surface area (Å²) in [6, 6.07) is 3.44.